The summed E-state index contributed by atoms with van der Waals surface area (Å²) in [5, 5.41) is 21.8. The molecule has 0 unspecified atom stereocenters. The number of hydrogen-bond donors (Lipinski definition) is 2. The van der Waals surface area contributed by atoms with E-state index in [9.17, 15) is 10.2 Å². The molecule has 0 heterocycles. The van der Waals surface area contributed by atoms with Gasteiger partial charge in [0.2, 0.25) is 0 Å². The molecule has 0 aromatic heterocycles. The van der Waals surface area contributed by atoms with Crippen molar-refractivity contribution in [3.63, 3.8) is 0 Å². The van der Waals surface area contributed by atoms with Crippen LogP contribution in [0, 0.1) is 39.4 Å². The first-order valence-corrected chi connectivity index (χ1v) is 13.2. The largest absolute Gasteiger partial charge is 0.393 e. The van der Waals surface area contributed by atoms with Gasteiger partial charge in [-0.15, -0.1) is 0 Å². The van der Waals surface area contributed by atoms with Crippen molar-refractivity contribution in [1.29, 1.82) is 0 Å². The van der Waals surface area contributed by atoms with E-state index in [1.807, 2.05) is 0 Å². The van der Waals surface area contributed by atoms with Gasteiger partial charge in [0.05, 0.1) is 12.2 Å². The van der Waals surface area contributed by atoms with Crippen molar-refractivity contribution in [2.75, 3.05) is 0 Å². The number of rotatable bonds is 4. The van der Waals surface area contributed by atoms with Gasteiger partial charge in [-0.1, -0.05) is 65.3 Å². The highest BCUT2D eigenvalue weighted by molar-refractivity contribution is 5.49. The van der Waals surface area contributed by atoms with Crippen LogP contribution in [-0.2, 0) is 0 Å². The molecule has 0 amide bonds. The number of allylic oxidation sites excluding steroid dienone is 5. The van der Waals surface area contributed by atoms with E-state index in [4.69, 9.17) is 0 Å². The minimum atomic E-state index is -0.262. The quantitative estimate of drug-likeness (QED) is 0.453. The molecule has 0 aromatic rings. The summed E-state index contributed by atoms with van der Waals surface area (Å²) >= 11 is 0. The van der Waals surface area contributed by atoms with E-state index in [1.165, 1.54) is 18.4 Å². The van der Waals surface area contributed by atoms with E-state index < -0.39 is 0 Å². The third kappa shape index (κ3) is 3.26. The van der Waals surface area contributed by atoms with Crippen molar-refractivity contribution in [2.45, 2.75) is 113 Å². The second kappa shape index (κ2) is 7.84. The fraction of sp³-hybridized carbons (Fsp3) is 0.800. The van der Waals surface area contributed by atoms with Crippen molar-refractivity contribution in [2.24, 2.45) is 39.4 Å². The molecule has 180 valence electrons. The molecule has 0 bridgehead atoms. The van der Waals surface area contributed by atoms with Crippen LogP contribution in [0.5, 0.6) is 0 Å². The lowest BCUT2D eigenvalue weighted by Gasteiger charge is -2.61. The highest BCUT2D eigenvalue weighted by atomic mass is 16.3. The Labute approximate surface area is 197 Å². The molecule has 2 heteroatoms. The van der Waals surface area contributed by atoms with Crippen molar-refractivity contribution in [3.05, 3.63) is 34.9 Å². The molecule has 0 aromatic carbocycles. The maximum absolute atomic E-state index is 11.0. The van der Waals surface area contributed by atoms with Gasteiger partial charge in [0.15, 0.2) is 0 Å². The van der Waals surface area contributed by atoms with E-state index in [-0.39, 0.29) is 33.9 Å². The van der Waals surface area contributed by atoms with E-state index in [1.54, 1.807) is 11.1 Å². The van der Waals surface area contributed by atoms with Gasteiger partial charge < -0.3 is 10.2 Å². The average Bonchev–Trinajstić information content (AvgIpc) is 3.00. The number of aliphatic hydroxyl groups excluding tert-OH is 2. The van der Waals surface area contributed by atoms with Crippen LogP contribution in [0.3, 0.4) is 0 Å². The molecule has 2 saturated carbocycles. The Hall–Kier alpha value is -0.860. The van der Waals surface area contributed by atoms with E-state index in [0.717, 1.165) is 32.1 Å². The van der Waals surface area contributed by atoms with Crippen molar-refractivity contribution in [3.8, 4) is 0 Å². The van der Waals surface area contributed by atoms with Crippen LogP contribution in [0.1, 0.15) is 100 Å². The molecule has 2 fully saturated rings. The standard InChI is InChI=1S/C30H48O2/c1-19(2)9-11-24(31)20(3)21-13-17-30(8)23-10-12-25-27(4,5)26(32)15-16-28(25,6)22(23)14-18-29(21,30)7/h9-10,14,20-21,24-26,31-32H,11-13,15-18H2,1-8H3/t20-,21+,24+,25+,26-,28+,29+,30-/m0/s1. The summed E-state index contributed by atoms with van der Waals surface area (Å²) in [7, 11) is 0. The summed E-state index contributed by atoms with van der Waals surface area (Å²) in [4.78, 5) is 0. The third-order valence-corrected chi connectivity index (χ3v) is 11.3. The summed E-state index contributed by atoms with van der Waals surface area (Å²) in [6.07, 6.45) is 14.3. The van der Waals surface area contributed by atoms with Crippen LogP contribution in [0.2, 0.25) is 0 Å². The Bertz CT molecular complexity index is 843. The molecule has 32 heavy (non-hydrogen) atoms. The number of fused-ring (bicyclic) bond motifs is 5. The minimum absolute atomic E-state index is 0.0424. The molecule has 2 N–H and O–H groups in total. The maximum atomic E-state index is 11.0. The molecule has 8 atom stereocenters. The molecular weight excluding hydrogens is 392 g/mol. The van der Waals surface area contributed by atoms with Crippen LogP contribution in [0.25, 0.3) is 0 Å². The lowest BCUT2D eigenvalue weighted by molar-refractivity contribution is -0.0854. The van der Waals surface area contributed by atoms with Crippen LogP contribution in [-0.4, -0.2) is 22.4 Å². The highest BCUT2D eigenvalue weighted by Crippen LogP contribution is 2.71. The van der Waals surface area contributed by atoms with E-state index in [2.05, 4.69) is 73.6 Å². The summed E-state index contributed by atoms with van der Waals surface area (Å²) in [5.41, 5.74) is 5.02. The van der Waals surface area contributed by atoms with Gasteiger partial charge in [-0.3, -0.25) is 0 Å². The smallest absolute Gasteiger partial charge is 0.0603 e. The first-order chi connectivity index (χ1) is 14.8. The van der Waals surface area contributed by atoms with E-state index >= 15 is 0 Å². The van der Waals surface area contributed by atoms with Crippen LogP contribution < -0.4 is 0 Å². The molecule has 0 spiro atoms. The van der Waals surface area contributed by atoms with Crippen LogP contribution in [0.4, 0.5) is 0 Å². The molecule has 2 nitrogen and oxygen atoms in total. The monoisotopic (exact) mass is 440 g/mol. The van der Waals surface area contributed by atoms with Gasteiger partial charge in [0, 0.05) is 0 Å². The predicted molar refractivity (Wildman–Crippen MR) is 134 cm³/mol. The lowest BCUT2D eigenvalue weighted by atomic mass is 9.44. The molecular formula is C30H48O2. The number of hydrogen-bond acceptors (Lipinski definition) is 2. The summed E-state index contributed by atoms with van der Waals surface area (Å²) in [6.45, 7) is 18.7. The summed E-state index contributed by atoms with van der Waals surface area (Å²) < 4.78 is 0. The third-order valence-electron chi connectivity index (χ3n) is 11.3. The van der Waals surface area contributed by atoms with Gasteiger partial charge in [0.1, 0.15) is 0 Å². The average molecular weight is 441 g/mol. The predicted octanol–water partition coefficient (Wildman–Crippen LogP) is 7.23. The normalized spacial score (nSPS) is 44.4. The van der Waals surface area contributed by atoms with Gasteiger partial charge in [-0.25, -0.2) is 0 Å². The fourth-order valence-electron chi connectivity index (χ4n) is 8.71. The Balaban J connectivity index is 1.68. The van der Waals surface area contributed by atoms with Crippen molar-refractivity contribution in [1.82, 2.24) is 0 Å². The molecule has 0 radical (unpaired) electrons. The molecule has 0 aliphatic heterocycles. The van der Waals surface area contributed by atoms with Gasteiger partial charge >= 0.3 is 0 Å². The van der Waals surface area contributed by atoms with E-state index in [0.29, 0.717) is 17.8 Å². The highest BCUT2D eigenvalue weighted by Gasteiger charge is 2.63. The summed E-state index contributed by atoms with van der Waals surface area (Å²) in [5.74, 6) is 1.36. The SMILES string of the molecule is CC(C)=CC[C@@H](O)[C@@H](C)[C@H]1CC[C@@]2(C)C3=CC[C@@H]4C(C)(C)[C@@H](O)CC[C@]4(C)C3=CC[C@]12C. The zero-order chi connectivity index (χ0) is 23.7. The zero-order valence-electron chi connectivity index (χ0n) is 22.0. The lowest BCUT2D eigenvalue weighted by Crippen LogP contribution is -2.54. The molecule has 0 saturated heterocycles. The minimum Gasteiger partial charge on any atom is -0.393 e. The number of aliphatic hydroxyl groups is 2. The first kappa shape index (κ1) is 24.3. The van der Waals surface area contributed by atoms with Gasteiger partial charge in [-0.2, -0.15) is 0 Å². The Morgan fingerprint density at radius 3 is 2.41 bits per heavy atom. The molecule has 4 aliphatic rings. The second-order valence-electron chi connectivity index (χ2n) is 13.4. The zero-order valence-corrected chi connectivity index (χ0v) is 22.0. The first-order valence-electron chi connectivity index (χ1n) is 13.2. The van der Waals surface area contributed by atoms with Gasteiger partial charge in [-0.05, 0) is 109 Å². The molecule has 4 aliphatic carbocycles. The Kier molecular flexibility index (Phi) is 5.95. The summed E-state index contributed by atoms with van der Waals surface area (Å²) in [6, 6.07) is 0. The van der Waals surface area contributed by atoms with Crippen molar-refractivity contribution >= 4 is 0 Å². The van der Waals surface area contributed by atoms with Gasteiger partial charge in [0.25, 0.3) is 0 Å². The van der Waals surface area contributed by atoms with Crippen molar-refractivity contribution < 1.29 is 10.2 Å². The molecule has 4 rings (SSSR count). The maximum Gasteiger partial charge on any atom is 0.0603 e. The fourth-order valence-corrected chi connectivity index (χ4v) is 8.71. The topological polar surface area (TPSA) is 40.5 Å². The Morgan fingerprint density at radius 1 is 1.06 bits per heavy atom. The van der Waals surface area contributed by atoms with Crippen LogP contribution in [0.15, 0.2) is 34.9 Å². The van der Waals surface area contributed by atoms with Crippen LogP contribution >= 0.6 is 0 Å². The second-order valence-corrected chi connectivity index (χ2v) is 13.4. The Morgan fingerprint density at radius 2 is 1.75 bits per heavy atom.